The summed E-state index contributed by atoms with van der Waals surface area (Å²) in [5.74, 6) is 1.13. The van der Waals surface area contributed by atoms with Gasteiger partial charge in [0.1, 0.15) is 0 Å². The summed E-state index contributed by atoms with van der Waals surface area (Å²) in [6.07, 6.45) is 0. The van der Waals surface area contributed by atoms with Crippen molar-refractivity contribution in [1.29, 1.82) is 0 Å². The molecular weight excluding hydrogens is 262 g/mol. The summed E-state index contributed by atoms with van der Waals surface area (Å²) in [5, 5.41) is 13.2. The molecule has 1 unspecified atom stereocenters. The number of hydrogen-bond acceptors (Lipinski definition) is 3. The number of para-hydroxylation sites is 1. The first-order valence-corrected chi connectivity index (χ1v) is 7.25. The van der Waals surface area contributed by atoms with Crippen molar-refractivity contribution >= 4 is 5.69 Å². The van der Waals surface area contributed by atoms with Crippen LogP contribution in [0.15, 0.2) is 42.5 Å². The van der Waals surface area contributed by atoms with Gasteiger partial charge in [-0.2, -0.15) is 0 Å². The van der Waals surface area contributed by atoms with Crippen LogP contribution in [-0.4, -0.2) is 12.2 Å². The molecule has 0 aliphatic carbocycles. The fraction of sp³-hybridized carbons (Fsp3) is 0.333. The van der Waals surface area contributed by atoms with Crippen LogP contribution in [0.5, 0.6) is 11.5 Å². The van der Waals surface area contributed by atoms with Gasteiger partial charge in [-0.05, 0) is 42.2 Å². The second kappa shape index (κ2) is 6.53. The third-order valence-electron chi connectivity index (χ3n) is 3.66. The molecule has 0 spiro atoms. The molecule has 3 nitrogen and oxygen atoms in total. The number of phenolic OH excluding ortho intramolecular Hbond substituents is 1. The number of hydrogen-bond donors (Lipinski definition) is 2. The molecule has 0 saturated carbocycles. The van der Waals surface area contributed by atoms with Gasteiger partial charge >= 0.3 is 0 Å². The third kappa shape index (κ3) is 3.48. The molecule has 0 saturated heterocycles. The largest absolute Gasteiger partial charge is 0.504 e. The second-order valence-electron chi connectivity index (χ2n) is 5.54. The molecule has 0 heterocycles. The number of phenols is 1. The van der Waals surface area contributed by atoms with Crippen LogP contribution in [0, 0.1) is 0 Å². The van der Waals surface area contributed by atoms with Gasteiger partial charge in [-0.25, -0.2) is 0 Å². The highest BCUT2D eigenvalue weighted by molar-refractivity contribution is 5.54. The molecule has 3 heteroatoms. The Morgan fingerprint density at radius 1 is 1.05 bits per heavy atom. The molecule has 2 rings (SSSR count). The Hall–Kier alpha value is -2.16. The zero-order valence-electron chi connectivity index (χ0n) is 13.1. The van der Waals surface area contributed by atoms with Crippen LogP contribution < -0.4 is 10.1 Å². The lowest BCUT2D eigenvalue weighted by Crippen LogP contribution is -2.09. The van der Waals surface area contributed by atoms with Crippen LogP contribution in [0.4, 0.5) is 5.69 Å². The van der Waals surface area contributed by atoms with E-state index in [0.717, 1.165) is 11.3 Å². The van der Waals surface area contributed by atoms with E-state index < -0.39 is 0 Å². The van der Waals surface area contributed by atoms with Gasteiger partial charge in [0.2, 0.25) is 0 Å². The maximum atomic E-state index is 9.68. The van der Waals surface area contributed by atoms with E-state index in [-0.39, 0.29) is 11.8 Å². The number of rotatable bonds is 5. The first-order chi connectivity index (χ1) is 10.0. The molecule has 0 aliphatic rings. The van der Waals surface area contributed by atoms with E-state index in [1.807, 2.05) is 18.2 Å². The minimum Gasteiger partial charge on any atom is -0.504 e. The molecule has 0 fully saturated rings. The van der Waals surface area contributed by atoms with Crippen molar-refractivity contribution in [2.45, 2.75) is 32.7 Å². The Morgan fingerprint density at radius 2 is 1.76 bits per heavy atom. The van der Waals surface area contributed by atoms with Crippen LogP contribution in [-0.2, 0) is 0 Å². The van der Waals surface area contributed by atoms with Crippen LogP contribution in [0.1, 0.15) is 43.9 Å². The van der Waals surface area contributed by atoms with Crippen molar-refractivity contribution in [3.63, 3.8) is 0 Å². The molecule has 2 aromatic carbocycles. The molecular formula is C18H23NO2. The van der Waals surface area contributed by atoms with Crippen LogP contribution in [0.2, 0.25) is 0 Å². The van der Waals surface area contributed by atoms with E-state index >= 15 is 0 Å². The smallest absolute Gasteiger partial charge is 0.160 e. The molecule has 0 amide bonds. The average molecular weight is 285 g/mol. The number of nitrogens with one attached hydrogen (secondary N) is 1. The van der Waals surface area contributed by atoms with Crippen molar-refractivity contribution in [1.82, 2.24) is 0 Å². The monoisotopic (exact) mass is 285 g/mol. The van der Waals surface area contributed by atoms with E-state index in [9.17, 15) is 5.11 Å². The minimum atomic E-state index is 0.124. The number of ether oxygens (including phenoxy) is 1. The maximum Gasteiger partial charge on any atom is 0.160 e. The normalized spacial score (nSPS) is 12.2. The summed E-state index contributed by atoms with van der Waals surface area (Å²) in [6, 6.07) is 13.9. The summed E-state index contributed by atoms with van der Waals surface area (Å²) >= 11 is 0. The van der Waals surface area contributed by atoms with Crippen molar-refractivity contribution in [2.24, 2.45) is 0 Å². The Morgan fingerprint density at radius 3 is 2.43 bits per heavy atom. The molecule has 21 heavy (non-hydrogen) atoms. The third-order valence-corrected chi connectivity index (χ3v) is 3.66. The topological polar surface area (TPSA) is 41.5 Å². The first-order valence-electron chi connectivity index (χ1n) is 7.25. The highest BCUT2D eigenvalue weighted by Gasteiger charge is 2.12. The SMILES string of the molecule is COc1cc(C(C)Nc2ccccc2C(C)C)ccc1O. The van der Waals surface area contributed by atoms with E-state index in [1.54, 1.807) is 13.2 Å². The molecule has 112 valence electrons. The molecule has 0 radical (unpaired) electrons. The zero-order valence-corrected chi connectivity index (χ0v) is 13.1. The van der Waals surface area contributed by atoms with E-state index in [1.165, 1.54) is 5.56 Å². The van der Waals surface area contributed by atoms with Crippen molar-refractivity contribution in [2.75, 3.05) is 12.4 Å². The Labute approximate surface area is 126 Å². The lowest BCUT2D eigenvalue weighted by atomic mass is 10.00. The quantitative estimate of drug-likeness (QED) is 0.837. The van der Waals surface area contributed by atoms with Crippen molar-refractivity contribution in [3.05, 3.63) is 53.6 Å². The zero-order chi connectivity index (χ0) is 15.4. The van der Waals surface area contributed by atoms with Crippen LogP contribution in [0.3, 0.4) is 0 Å². The number of methoxy groups -OCH3 is 1. The lowest BCUT2D eigenvalue weighted by Gasteiger charge is -2.20. The second-order valence-corrected chi connectivity index (χ2v) is 5.54. The van der Waals surface area contributed by atoms with Gasteiger partial charge in [0.05, 0.1) is 7.11 Å². The summed E-state index contributed by atoms with van der Waals surface area (Å²) in [5.41, 5.74) is 3.52. The van der Waals surface area contributed by atoms with Gasteiger partial charge in [-0.1, -0.05) is 38.1 Å². The van der Waals surface area contributed by atoms with Gasteiger partial charge in [0.25, 0.3) is 0 Å². The molecule has 2 aromatic rings. The Bertz CT molecular complexity index is 608. The molecule has 0 aliphatic heterocycles. The van der Waals surface area contributed by atoms with Gasteiger partial charge in [-0.3, -0.25) is 0 Å². The van der Waals surface area contributed by atoms with E-state index in [4.69, 9.17) is 4.74 Å². The fourth-order valence-electron chi connectivity index (χ4n) is 2.41. The van der Waals surface area contributed by atoms with Crippen LogP contribution in [0.25, 0.3) is 0 Å². The number of benzene rings is 2. The standard InChI is InChI=1S/C18H23NO2/c1-12(2)15-7-5-6-8-16(15)19-13(3)14-9-10-17(20)18(11-14)21-4/h5-13,19-20H,1-4H3. The predicted octanol–water partition coefficient (Wildman–Crippen LogP) is 4.70. The number of anilines is 1. The fourth-order valence-corrected chi connectivity index (χ4v) is 2.41. The highest BCUT2D eigenvalue weighted by atomic mass is 16.5. The summed E-state index contributed by atoms with van der Waals surface area (Å²) in [6.45, 7) is 6.48. The molecule has 2 N–H and O–H groups in total. The molecule has 0 bridgehead atoms. The highest BCUT2D eigenvalue weighted by Crippen LogP contribution is 2.31. The summed E-state index contributed by atoms with van der Waals surface area (Å²) < 4.78 is 5.17. The van der Waals surface area contributed by atoms with Crippen molar-refractivity contribution < 1.29 is 9.84 Å². The molecule has 1 atom stereocenters. The summed E-state index contributed by atoms with van der Waals surface area (Å²) in [7, 11) is 1.56. The van der Waals surface area contributed by atoms with Crippen molar-refractivity contribution in [3.8, 4) is 11.5 Å². The van der Waals surface area contributed by atoms with Gasteiger partial charge in [-0.15, -0.1) is 0 Å². The van der Waals surface area contributed by atoms with Gasteiger partial charge in [0, 0.05) is 11.7 Å². The minimum absolute atomic E-state index is 0.124. The van der Waals surface area contributed by atoms with E-state index in [2.05, 4.69) is 44.3 Å². The first kappa shape index (κ1) is 15.2. The summed E-state index contributed by atoms with van der Waals surface area (Å²) in [4.78, 5) is 0. The molecule has 0 aromatic heterocycles. The van der Waals surface area contributed by atoms with Crippen LogP contribution >= 0.6 is 0 Å². The number of aromatic hydroxyl groups is 1. The average Bonchev–Trinajstić information content (AvgIpc) is 2.48. The predicted molar refractivity (Wildman–Crippen MR) is 87.2 cm³/mol. The Balaban J connectivity index is 2.24. The van der Waals surface area contributed by atoms with Gasteiger partial charge < -0.3 is 15.2 Å². The van der Waals surface area contributed by atoms with E-state index in [0.29, 0.717) is 11.7 Å². The maximum absolute atomic E-state index is 9.68. The van der Waals surface area contributed by atoms with Gasteiger partial charge in [0.15, 0.2) is 11.5 Å². The lowest BCUT2D eigenvalue weighted by molar-refractivity contribution is 0.373. The Kier molecular flexibility index (Phi) is 4.73.